The number of halogens is 1. The zero-order valence-corrected chi connectivity index (χ0v) is 19.0. The molecule has 0 bridgehead atoms. The molecule has 4 atom stereocenters. The zero-order valence-electron chi connectivity index (χ0n) is 19.0. The molecule has 3 aliphatic heterocycles. The van der Waals surface area contributed by atoms with Crippen LogP contribution in [0.2, 0.25) is 0 Å². The van der Waals surface area contributed by atoms with E-state index in [1.807, 2.05) is 44.2 Å². The first-order chi connectivity index (χ1) is 16.0. The van der Waals surface area contributed by atoms with Crippen molar-refractivity contribution in [3.05, 3.63) is 47.7 Å². The fourth-order valence-corrected chi connectivity index (χ4v) is 4.75. The van der Waals surface area contributed by atoms with Crippen LogP contribution in [0.4, 0.5) is 21.6 Å². The van der Waals surface area contributed by atoms with Gasteiger partial charge in [-0.05, 0) is 50.5 Å². The van der Waals surface area contributed by atoms with E-state index in [2.05, 4.69) is 10.3 Å². The van der Waals surface area contributed by atoms with Crippen LogP contribution in [0.5, 0.6) is 0 Å². The van der Waals surface area contributed by atoms with Crippen molar-refractivity contribution in [3.8, 4) is 0 Å². The number of carbonyl (C=O) groups is 1. The molecule has 5 rings (SSSR count). The summed E-state index contributed by atoms with van der Waals surface area (Å²) in [6.07, 6.45) is 1.75. The first-order valence-corrected chi connectivity index (χ1v) is 11.7. The predicted molar refractivity (Wildman–Crippen MR) is 122 cm³/mol. The minimum absolute atomic E-state index is 0.0110. The van der Waals surface area contributed by atoms with Crippen molar-refractivity contribution in [3.63, 3.8) is 0 Å². The second kappa shape index (κ2) is 9.37. The highest BCUT2D eigenvalue weighted by Crippen LogP contribution is 2.40. The molecule has 1 amide bonds. The summed E-state index contributed by atoms with van der Waals surface area (Å²) in [5, 5.41) is 3.37. The summed E-state index contributed by atoms with van der Waals surface area (Å²) in [6, 6.07) is 9.60. The monoisotopic (exact) mass is 455 g/mol. The number of hydrogen-bond acceptors (Lipinski definition) is 6. The Morgan fingerprint density at radius 1 is 1.24 bits per heavy atom. The molecule has 2 aromatic rings. The fraction of sp³-hybridized carbons (Fsp3) is 0.520. The van der Waals surface area contributed by atoms with Crippen LogP contribution < -0.4 is 10.2 Å². The van der Waals surface area contributed by atoms with E-state index in [0.717, 1.165) is 34.7 Å². The molecular formula is C25H30FN3O4. The molecule has 0 saturated carbocycles. The van der Waals surface area contributed by atoms with Crippen LogP contribution in [0.3, 0.4) is 0 Å². The Hall–Kier alpha value is -2.55. The maximum absolute atomic E-state index is 13.8. The number of pyridine rings is 1. The Kier molecular flexibility index (Phi) is 6.32. The molecule has 7 nitrogen and oxygen atoms in total. The van der Waals surface area contributed by atoms with Crippen molar-refractivity contribution in [2.45, 2.75) is 70.2 Å². The van der Waals surface area contributed by atoms with Crippen LogP contribution in [0.15, 0.2) is 36.5 Å². The Balaban J connectivity index is 1.44. The smallest absolute Gasteiger partial charge is 0.256 e. The van der Waals surface area contributed by atoms with Gasteiger partial charge in [0.05, 0.1) is 49.4 Å². The SMILES string of the molecule is CC(C)O[C@H]1CC[C@H](C(=O)N2Cc3cccnc3Nc3ccc(C4CC(F)CO4)cc32)OC1. The van der Waals surface area contributed by atoms with E-state index in [1.165, 1.54) is 0 Å². The molecule has 2 saturated heterocycles. The van der Waals surface area contributed by atoms with Crippen LogP contribution in [0.25, 0.3) is 0 Å². The number of aromatic nitrogens is 1. The average Bonchev–Trinajstić information content (AvgIpc) is 3.17. The molecule has 1 N–H and O–H groups in total. The van der Waals surface area contributed by atoms with Crippen molar-refractivity contribution >= 4 is 23.1 Å². The molecule has 2 unspecified atom stereocenters. The molecule has 1 aromatic carbocycles. The van der Waals surface area contributed by atoms with Crippen molar-refractivity contribution in [1.29, 1.82) is 0 Å². The van der Waals surface area contributed by atoms with Crippen LogP contribution in [0.1, 0.15) is 50.3 Å². The van der Waals surface area contributed by atoms with Gasteiger partial charge in [-0.3, -0.25) is 4.79 Å². The summed E-state index contributed by atoms with van der Waals surface area (Å²) < 4.78 is 31.2. The highest BCUT2D eigenvalue weighted by atomic mass is 19.1. The van der Waals surface area contributed by atoms with Gasteiger partial charge in [-0.1, -0.05) is 12.1 Å². The van der Waals surface area contributed by atoms with Crippen LogP contribution in [0, 0.1) is 0 Å². The standard InChI is InChI=1S/C25H30FN3O4/c1-15(2)33-19-6-8-22(32-14-19)25(30)29-12-17-4-3-9-27-24(17)28-20-7-5-16(10-21(20)29)23-11-18(26)13-31-23/h3-5,7,9-10,15,18-19,22-23H,6,8,11-14H2,1-2H3,(H,27,28)/t18?,19-,22+,23?/m0/s1. The summed E-state index contributed by atoms with van der Waals surface area (Å²) in [4.78, 5) is 19.9. The van der Waals surface area contributed by atoms with Gasteiger partial charge >= 0.3 is 0 Å². The Morgan fingerprint density at radius 2 is 2.12 bits per heavy atom. The maximum Gasteiger partial charge on any atom is 0.256 e. The normalized spacial score (nSPS) is 27.0. The number of carbonyl (C=O) groups excluding carboxylic acids is 1. The molecular weight excluding hydrogens is 425 g/mol. The number of ether oxygens (including phenoxy) is 3. The molecule has 0 spiro atoms. The number of anilines is 3. The average molecular weight is 456 g/mol. The van der Waals surface area contributed by atoms with E-state index in [-0.39, 0.29) is 30.8 Å². The number of nitrogens with one attached hydrogen (secondary N) is 1. The first kappa shape index (κ1) is 22.3. The highest BCUT2D eigenvalue weighted by molar-refractivity contribution is 6.01. The molecule has 33 heavy (non-hydrogen) atoms. The Labute approximate surface area is 193 Å². The Bertz CT molecular complexity index is 1010. The minimum Gasteiger partial charge on any atom is -0.373 e. The largest absolute Gasteiger partial charge is 0.373 e. The van der Waals surface area contributed by atoms with Gasteiger partial charge in [0.15, 0.2) is 0 Å². The first-order valence-electron chi connectivity index (χ1n) is 11.7. The quantitative estimate of drug-likeness (QED) is 0.735. The number of alkyl halides is 1. The second-order valence-electron chi connectivity index (χ2n) is 9.20. The number of amides is 1. The third-order valence-corrected chi connectivity index (χ3v) is 6.35. The third-order valence-electron chi connectivity index (χ3n) is 6.35. The van der Waals surface area contributed by atoms with Gasteiger partial charge < -0.3 is 24.4 Å². The third kappa shape index (κ3) is 4.74. The van der Waals surface area contributed by atoms with Crippen molar-refractivity contribution < 1.29 is 23.4 Å². The van der Waals surface area contributed by atoms with Gasteiger partial charge in [-0.2, -0.15) is 0 Å². The maximum atomic E-state index is 13.8. The molecule has 0 aliphatic carbocycles. The van der Waals surface area contributed by atoms with Gasteiger partial charge in [-0.25, -0.2) is 9.37 Å². The lowest BCUT2D eigenvalue weighted by molar-refractivity contribution is -0.143. The molecule has 2 fully saturated rings. The van der Waals surface area contributed by atoms with Crippen LogP contribution >= 0.6 is 0 Å². The molecule has 176 valence electrons. The van der Waals surface area contributed by atoms with Gasteiger partial charge in [0.2, 0.25) is 0 Å². The van der Waals surface area contributed by atoms with Gasteiger partial charge in [-0.15, -0.1) is 0 Å². The highest BCUT2D eigenvalue weighted by Gasteiger charge is 2.35. The summed E-state index contributed by atoms with van der Waals surface area (Å²) in [5.41, 5.74) is 3.28. The summed E-state index contributed by atoms with van der Waals surface area (Å²) >= 11 is 0. The summed E-state index contributed by atoms with van der Waals surface area (Å²) in [6.45, 7) is 4.88. The van der Waals surface area contributed by atoms with Crippen molar-refractivity contribution in [2.75, 3.05) is 23.4 Å². The lowest BCUT2D eigenvalue weighted by Crippen LogP contribution is -2.44. The minimum atomic E-state index is -0.963. The number of nitrogens with zero attached hydrogens (tertiary/aromatic N) is 2. The molecule has 4 heterocycles. The van der Waals surface area contributed by atoms with Gasteiger partial charge in [0, 0.05) is 18.2 Å². The van der Waals surface area contributed by atoms with E-state index in [0.29, 0.717) is 26.0 Å². The number of rotatable bonds is 4. The van der Waals surface area contributed by atoms with E-state index in [4.69, 9.17) is 14.2 Å². The Morgan fingerprint density at radius 3 is 2.85 bits per heavy atom. The second-order valence-corrected chi connectivity index (χ2v) is 9.20. The molecule has 0 radical (unpaired) electrons. The molecule has 1 aromatic heterocycles. The lowest BCUT2D eigenvalue weighted by atomic mass is 10.0. The fourth-order valence-electron chi connectivity index (χ4n) is 4.75. The van der Waals surface area contributed by atoms with Crippen LogP contribution in [-0.2, 0) is 25.5 Å². The number of hydrogen-bond donors (Lipinski definition) is 1. The van der Waals surface area contributed by atoms with Gasteiger partial charge in [0.25, 0.3) is 5.91 Å². The van der Waals surface area contributed by atoms with E-state index < -0.39 is 12.3 Å². The molecule has 8 heteroatoms. The predicted octanol–water partition coefficient (Wildman–Crippen LogP) is 4.44. The number of benzene rings is 1. The summed E-state index contributed by atoms with van der Waals surface area (Å²) in [5.74, 6) is 0.628. The van der Waals surface area contributed by atoms with E-state index >= 15 is 0 Å². The number of fused-ring (bicyclic) bond motifs is 2. The lowest BCUT2D eigenvalue weighted by Gasteiger charge is -2.33. The van der Waals surface area contributed by atoms with Crippen molar-refractivity contribution in [2.24, 2.45) is 0 Å². The molecule has 3 aliphatic rings. The zero-order chi connectivity index (χ0) is 22.9. The van der Waals surface area contributed by atoms with E-state index in [9.17, 15) is 9.18 Å². The van der Waals surface area contributed by atoms with E-state index in [1.54, 1.807) is 11.1 Å². The topological polar surface area (TPSA) is 72.9 Å². The van der Waals surface area contributed by atoms with Crippen molar-refractivity contribution in [1.82, 2.24) is 4.98 Å². The summed E-state index contributed by atoms with van der Waals surface area (Å²) in [7, 11) is 0. The van der Waals surface area contributed by atoms with Crippen LogP contribution in [-0.4, -0.2) is 48.6 Å². The van der Waals surface area contributed by atoms with Gasteiger partial charge in [0.1, 0.15) is 18.1 Å².